The molecule has 4 unspecified atom stereocenters. The third kappa shape index (κ3) is 3.70. The summed E-state index contributed by atoms with van der Waals surface area (Å²) in [4.78, 5) is 3.11. The average molecular weight is 242 g/mol. The molecule has 0 amide bonds. The van der Waals surface area contributed by atoms with Gasteiger partial charge in [0.2, 0.25) is 0 Å². The molecule has 1 aliphatic carbocycles. The highest BCUT2D eigenvalue weighted by molar-refractivity contribution is 7.80. The number of nitrogens with two attached hydrogens (primary N) is 1. The molecule has 2 nitrogen and oxygen atoms in total. The predicted molar refractivity (Wildman–Crippen MR) is 74.6 cm³/mol. The molecule has 0 aliphatic heterocycles. The average Bonchev–Trinajstić information content (AvgIpc) is 2.20. The Bertz CT molecular complexity index is 242. The van der Waals surface area contributed by atoms with E-state index in [0.717, 1.165) is 24.3 Å². The topological polar surface area (TPSA) is 29.3 Å². The molecule has 1 fully saturated rings. The molecular formula is C13H26N2S. The molecule has 0 bridgehead atoms. The van der Waals surface area contributed by atoms with Gasteiger partial charge in [0.05, 0.1) is 4.99 Å². The highest BCUT2D eigenvalue weighted by atomic mass is 32.1. The lowest BCUT2D eigenvalue weighted by atomic mass is 9.78. The molecule has 0 aromatic rings. The smallest absolute Gasteiger partial charge is 0.0742 e. The maximum Gasteiger partial charge on any atom is 0.0742 e. The Balaban J connectivity index is 2.47. The van der Waals surface area contributed by atoms with Gasteiger partial charge in [-0.25, -0.2) is 0 Å². The van der Waals surface area contributed by atoms with E-state index in [1.807, 2.05) is 0 Å². The van der Waals surface area contributed by atoms with Crippen LogP contribution in [-0.4, -0.2) is 29.0 Å². The van der Waals surface area contributed by atoms with Crippen LogP contribution >= 0.6 is 12.2 Å². The molecule has 0 heterocycles. The van der Waals surface area contributed by atoms with Gasteiger partial charge in [-0.1, -0.05) is 26.1 Å². The molecule has 0 saturated heterocycles. The van der Waals surface area contributed by atoms with Crippen molar-refractivity contribution in [1.29, 1.82) is 0 Å². The van der Waals surface area contributed by atoms with Crippen molar-refractivity contribution in [2.45, 2.75) is 58.5 Å². The van der Waals surface area contributed by atoms with Crippen LogP contribution in [0.15, 0.2) is 0 Å². The molecule has 94 valence electrons. The summed E-state index contributed by atoms with van der Waals surface area (Å²) in [6, 6.07) is 1.19. The van der Waals surface area contributed by atoms with Crippen molar-refractivity contribution in [2.75, 3.05) is 7.05 Å². The highest BCUT2D eigenvalue weighted by Crippen LogP contribution is 2.32. The first-order valence-electron chi connectivity index (χ1n) is 6.42. The van der Waals surface area contributed by atoms with Gasteiger partial charge < -0.3 is 10.6 Å². The Hall–Kier alpha value is -0.150. The van der Waals surface area contributed by atoms with E-state index in [1.165, 1.54) is 19.3 Å². The largest absolute Gasteiger partial charge is 0.393 e. The van der Waals surface area contributed by atoms with Crippen LogP contribution in [0, 0.1) is 11.8 Å². The van der Waals surface area contributed by atoms with E-state index in [4.69, 9.17) is 18.0 Å². The van der Waals surface area contributed by atoms with Gasteiger partial charge in [-0.3, -0.25) is 0 Å². The minimum absolute atomic E-state index is 0.475. The number of nitrogens with zero attached hydrogens (tertiary/aromatic N) is 1. The summed E-state index contributed by atoms with van der Waals surface area (Å²) in [5.41, 5.74) is 5.61. The van der Waals surface area contributed by atoms with Crippen molar-refractivity contribution in [2.24, 2.45) is 17.6 Å². The quantitative estimate of drug-likeness (QED) is 0.769. The maximum absolute atomic E-state index is 5.61. The summed E-state index contributed by atoms with van der Waals surface area (Å²) < 4.78 is 0. The lowest BCUT2D eigenvalue weighted by molar-refractivity contribution is 0.104. The van der Waals surface area contributed by atoms with E-state index >= 15 is 0 Å². The Kier molecular flexibility index (Phi) is 5.19. The minimum atomic E-state index is 0.475. The van der Waals surface area contributed by atoms with Gasteiger partial charge in [-0.05, 0) is 45.1 Å². The molecule has 4 atom stereocenters. The third-order valence-electron chi connectivity index (χ3n) is 4.34. The van der Waals surface area contributed by atoms with Gasteiger partial charge in [-0.2, -0.15) is 0 Å². The van der Waals surface area contributed by atoms with Crippen LogP contribution in [-0.2, 0) is 0 Å². The van der Waals surface area contributed by atoms with Gasteiger partial charge in [0.25, 0.3) is 0 Å². The number of hydrogen-bond donors (Lipinski definition) is 1. The SMILES string of the molecule is CC1CCC(N(C)C(C)CC(N)=S)CC1C. The first kappa shape index (κ1) is 13.9. The van der Waals surface area contributed by atoms with Crippen LogP contribution in [0.5, 0.6) is 0 Å². The molecule has 0 radical (unpaired) electrons. The van der Waals surface area contributed by atoms with E-state index in [-0.39, 0.29) is 0 Å². The zero-order valence-corrected chi connectivity index (χ0v) is 11.9. The van der Waals surface area contributed by atoms with E-state index in [9.17, 15) is 0 Å². The van der Waals surface area contributed by atoms with Crippen LogP contribution in [0.2, 0.25) is 0 Å². The zero-order valence-electron chi connectivity index (χ0n) is 11.1. The van der Waals surface area contributed by atoms with Gasteiger partial charge >= 0.3 is 0 Å². The second-order valence-electron chi connectivity index (χ2n) is 5.61. The number of hydrogen-bond acceptors (Lipinski definition) is 2. The van der Waals surface area contributed by atoms with Crippen molar-refractivity contribution < 1.29 is 0 Å². The van der Waals surface area contributed by atoms with E-state index in [0.29, 0.717) is 11.0 Å². The fourth-order valence-corrected chi connectivity index (χ4v) is 2.93. The second kappa shape index (κ2) is 5.97. The third-order valence-corrected chi connectivity index (χ3v) is 4.50. The van der Waals surface area contributed by atoms with Crippen molar-refractivity contribution in [3.05, 3.63) is 0 Å². The fourth-order valence-electron chi connectivity index (χ4n) is 2.68. The molecule has 0 spiro atoms. The summed E-state index contributed by atoms with van der Waals surface area (Å²) in [6.07, 6.45) is 4.84. The summed E-state index contributed by atoms with van der Waals surface area (Å²) in [5, 5.41) is 0. The van der Waals surface area contributed by atoms with Crippen molar-refractivity contribution >= 4 is 17.2 Å². The fraction of sp³-hybridized carbons (Fsp3) is 0.923. The van der Waals surface area contributed by atoms with Crippen molar-refractivity contribution in [3.63, 3.8) is 0 Å². The molecule has 1 aliphatic rings. The van der Waals surface area contributed by atoms with Crippen LogP contribution in [0.4, 0.5) is 0 Å². The molecular weight excluding hydrogens is 216 g/mol. The molecule has 16 heavy (non-hydrogen) atoms. The zero-order chi connectivity index (χ0) is 12.3. The normalized spacial score (nSPS) is 32.7. The molecule has 0 aromatic heterocycles. The van der Waals surface area contributed by atoms with Crippen LogP contribution in [0.1, 0.15) is 46.5 Å². The van der Waals surface area contributed by atoms with Crippen molar-refractivity contribution in [3.8, 4) is 0 Å². The molecule has 0 aromatic carbocycles. The van der Waals surface area contributed by atoms with Gasteiger partial charge in [0.1, 0.15) is 0 Å². The first-order chi connectivity index (χ1) is 7.41. The van der Waals surface area contributed by atoms with Gasteiger partial charge in [-0.15, -0.1) is 0 Å². The summed E-state index contributed by atoms with van der Waals surface area (Å²) in [5.74, 6) is 1.73. The Labute approximate surface area is 106 Å². The van der Waals surface area contributed by atoms with Gasteiger partial charge in [0.15, 0.2) is 0 Å². The summed E-state index contributed by atoms with van der Waals surface area (Å²) in [7, 11) is 2.22. The molecule has 3 heteroatoms. The van der Waals surface area contributed by atoms with Crippen molar-refractivity contribution in [1.82, 2.24) is 4.90 Å². The second-order valence-corrected chi connectivity index (χ2v) is 6.13. The van der Waals surface area contributed by atoms with E-state index in [2.05, 4.69) is 32.7 Å². The Morgan fingerprint density at radius 2 is 2.00 bits per heavy atom. The van der Waals surface area contributed by atoms with Crippen LogP contribution in [0.25, 0.3) is 0 Å². The van der Waals surface area contributed by atoms with E-state index < -0.39 is 0 Å². The first-order valence-corrected chi connectivity index (χ1v) is 6.82. The Morgan fingerprint density at radius 1 is 1.38 bits per heavy atom. The minimum Gasteiger partial charge on any atom is -0.393 e. The molecule has 1 rings (SSSR count). The van der Waals surface area contributed by atoms with Crippen LogP contribution in [0.3, 0.4) is 0 Å². The lowest BCUT2D eigenvalue weighted by Gasteiger charge is -2.40. The Morgan fingerprint density at radius 3 is 2.50 bits per heavy atom. The highest BCUT2D eigenvalue weighted by Gasteiger charge is 2.28. The maximum atomic E-state index is 5.61. The van der Waals surface area contributed by atoms with Crippen LogP contribution < -0.4 is 5.73 Å². The number of thiocarbonyl (C=S) groups is 1. The predicted octanol–water partition coefficient (Wildman–Crippen LogP) is 2.81. The molecule has 1 saturated carbocycles. The standard InChI is InChI=1S/C13H26N2S/c1-9-5-6-12(7-10(9)2)15(4)11(3)8-13(14)16/h9-12H,5-8H2,1-4H3,(H2,14,16). The molecule has 2 N–H and O–H groups in total. The summed E-state index contributed by atoms with van der Waals surface area (Å²) in [6.45, 7) is 6.98. The van der Waals surface area contributed by atoms with E-state index in [1.54, 1.807) is 0 Å². The summed E-state index contributed by atoms with van der Waals surface area (Å²) >= 11 is 4.99. The van der Waals surface area contributed by atoms with Gasteiger partial charge in [0, 0.05) is 18.5 Å². The number of rotatable bonds is 4. The lowest BCUT2D eigenvalue weighted by Crippen LogP contribution is -2.43. The monoisotopic (exact) mass is 242 g/mol.